The van der Waals surface area contributed by atoms with E-state index in [1.54, 1.807) is 0 Å². The summed E-state index contributed by atoms with van der Waals surface area (Å²) in [5.41, 5.74) is -0.432. The van der Waals surface area contributed by atoms with Crippen molar-refractivity contribution < 1.29 is 36.6 Å². The summed E-state index contributed by atoms with van der Waals surface area (Å²) in [5.74, 6) is -2.45. The summed E-state index contributed by atoms with van der Waals surface area (Å²) in [6.45, 7) is -1.52. The van der Waals surface area contributed by atoms with Gasteiger partial charge in [0.15, 0.2) is 6.61 Å². The topological polar surface area (TPSA) is 114 Å². The number of carbonyl (C=O) groups excluding carboxylic acids is 2. The van der Waals surface area contributed by atoms with Gasteiger partial charge in [-0.2, -0.15) is 18.2 Å². The number of benzene rings is 1. The van der Waals surface area contributed by atoms with Crippen molar-refractivity contribution in [1.82, 2.24) is 15.3 Å². The van der Waals surface area contributed by atoms with Crippen molar-refractivity contribution in [2.75, 3.05) is 31.4 Å². The van der Waals surface area contributed by atoms with Crippen LogP contribution in [0.4, 0.5) is 34.9 Å². The van der Waals surface area contributed by atoms with Gasteiger partial charge in [-0.05, 0) is 18.2 Å². The zero-order chi connectivity index (χ0) is 25.6. The summed E-state index contributed by atoms with van der Waals surface area (Å²) in [5, 5.41) is 7.61. The first-order valence-corrected chi connectivity index (χ1v) is 9.91. The number of ether oxygens (including phenoxy) is 2. The summed E-state index contributed by atoms with van der Waals surface area (Å²) < 4.78 is 61.1. The number of amides is 2. The van der Waals surface area contributed by atoms with Gasteiger partial charge in [-0.1, -0.05) is 12.1 Å². The molecule has 0 saturated heterocycles. The molecule has 0 aliphatic heterocycles. The molecule has 2 heterocycles. The highest BCUT2D eigenvalue weighted by atomic mass is 19.4. The van der Waals surface area contributed by atoms with Crippen LogP contribution in [0.3, 0.4) is 0 Å². The molecule has 9 nitrogen and oxygen atoms in total. The molecule has 13 heteroatoms. The Morgan fingerprint density at radius 3 is 2.49 bits per heavy atom. The number of hydrogen-bond donors (Lipinski definition) is 3. The molecule has 0 atom stereocenters. The van der Waals surface area contributed by atoms with Gasteiger partial charge in [-0.3, -0.25) is 9.59 Å². The molecule has 0 saturated carbocycles. The van der Waals surface area contributed by atoms with Crippen molar-refractivity contribution in [2.24, 2.45) is 0 Å². The monoisotopic (exact) mass is 493 g/mol. The number of halogens is 4. The Bertz CT molecular complexity index is 1240. The van der Waals surface area contributed by atoms with Crippen LogP contribution in [0, 0.1) is 5.82 Å². The average molecular weight is 493 g/mol. The van der Waals surface area contributed by atoms with Crippen molar-refractivity contribution >= 4 is 29.1 Å². The quantitative estimate of drug-likeness (QED) is 0.408. The van der Waals surface area contributed by atoms with Gasteiger partial charge in [0.05, 0.1) is 18.4 Å². The Balaban J connectivity index is 1.89. The number of carbonyl (C=O) groups is 2. The predicted octanol–water partition coefficient (Wildman–Crippen LogP) is 3.92. The number of hydrogen-bond acceptors (Lipinski definition) is 7. The maximum Gasteiger partial charge on any atom is 0.422 e. The summed E-state index contributed by atoms with van der Waals surface area (Å²) in [7, 11) is 2.64. The average Bonchev–Trinajstić information content (AvgIpc) is 2.82. The van der Waals surface area contributed by atoms with E-state index in [0.29, 0.717) is 0 Å². The van der Waals surface area contributed by atoms with E-state index in [4.69, 9.17) is 4.74 Å². The van der Waals surface area contributed by atoms with Gasteiger partial charge >= 0.3 is 6.18 Å². The molecule has 0 unspecified atom stereocenters. The number of nitrogens with one attached hydrogen (secondary N) is 3. The minimum atomic E-state index is -4.53. The van der Waals surface area contributed by atoms with E-state index in [1.165, 1.54) is 50.6 Å². The molecule has 3 N–H and O–H groups in total. The van der Waals surface area contributed by atoms with E-state index in [0.717, 1.165) is 12.3 Å². The number of pyridine rings is 2. The standard InChI is InChI=1S/C22H19F4N5O4/c1-27-20(32)12-10-28-17(30-16-7-4-8-18(31-16)35-11-22(24,25)26)9-14(12)29-21(33)19-13(23)5-3-6-15(19)34-2/h3-10H,11H2,1-2H3,(H,27,32)(H2,28,29,30,31,33). The van der Waals surface area contributed by atoms with Crippen LogP contribution in [0.15, 0.2) is 48.7 Å². The van der Waals surface area contributed by atoms with E-state index >= 15 is 0 Å². The van der Waals surface area contributed by atoms with Crippen molar-refractivity contribution in [1.29, 1.82) is 0 Å². The summed E-state index contributed by atoms with van der Waals surface area (Å²) in [6, 6.07) is 9.22. The van der Waals surface area contributed by atoms with Crippen molar-refractivity contribution in [3.05, 3.63) is 65.6 Å². The molecule has 3 rings (SSSR count). The second-order valence-corrected chi connectivity index (χ2v) is 6.86. The molecule has 0 fully saturated rings. The fourth-order valence-electron chi connectivity index (χ4n) is 2.87. The van der Waals surface area contributed by atoms with Crippen LogP contribution in [0.5, 0.6) is 11.6 Å². The van der Waals surface area contributed by atoms with Crippen LogP contribution in [0.2, 0.25) is 0 Å². The van der Waals surface area contributed by atoms with Gasteiger partial charge in [0.1, 0.15) is 28.8 Å². The highest BCUT2D eigenvalue weighted by molar-refractivity contribution is 6.10. The Labute approximate surface area is 196 Å². The number of rotatable bonds is 8. The van der Waals surface area contributed by atoms with E-state index < -0.39 is 30.4 Å². The predicted molar refractivity (Wildman–Crippen MR) is 118 cm³/mol. The second kappa shape index (κ2) is 10.7. The van der Waals surface area contributed by atoms with Crippen molar-refractivity contribution in [3.8, 4) is 11.6 Å². The lowest BCUT2D eigenvalue weighted by molar-refractivity contribution is -0.154. The highest BCUT2D eigenvalue weighted by Crippen LogP contribution is 2.26. The van der Waals surface area contributed by atoms with Crippen molar-refractivity contribution in [2.45, 2.75) is 6.18 Å². The maximum atomic E-state index is 14.3. The van der Waals surface area contributed by atoms with E-state index in [1.807, 2.05) is 0 Å². The summed E-state index contributed by atoms with van der Waals surface area (Å²) in [6.07, 6.45) is -3.38. The van der Waals surface area contributed by atoms with E-state index in [9.17, 15) is 27.2 Å². The van der Waals surface area contributed by atoms with Crippen LogP contribution in [-0.4, -0.2) is 48.7 Å². The van der Waals surface area contributed by atoms with Crippen LogP contribution in [-0.2, 0) is 0 Å². The van der Waals surface area contributed by atoms with Gasteiger partial charge in [0, 0.05) is 25.4 Å². The maximum absolute atomic E-state index is 14.3. The Morgan fingerprint density at radius 2 is 1.80 bits per heavy atom. The Morgan fingerprint density at radius 1 is 1.06 bits per heavy atom. The lowest BCUT2D eigenvalue weighted by Crippen LogP contribution is -2.22. The molecule has 2 amide bonds. The molecule has 0 aliphatic rings. The van der Waals surface area contributed by atoms with Gasteiger partial charge in [0.2, 0.25) is 5.88 Å². The largest absolute Gasteiger partial charge is 0.496 e. The van der Waals surface area contributed by atoms with Crippen LogP contribution < -0.4 is 25.4 Å². The zero-order valence-corrected chi connectivity index (χ0v) is 18.4. The smallest absolute Gasteiger partial charge is 0.422 e. The molecule has 35 heavy (non-hydrogen) atoms. The van der Waals surface area contributed by atoms with Gasteiger partial charge in [-0.25, -0.2) is 9.37 Å². The molecule has 184 valence electrons. The third-order valence-corrected chi connectivity index (χ3v) is 4.41. The van der Waals surface area contributed by atoms with Crippen LogP contribution in [0.1, 0.15) is 20.7 Å². The second-order valence-electron chi connectivity index (χ2n) is 6.86. The number of methoxy groups -OCH3 is 1. The minimum absolute atomic E-state index is 0.0173. The molecular weight excluding hydrogens is 474 g/mol. The number of nitrogens with zero attached hydrogens (tertiary/aromatic N) is 2. The number of alkyl halides is 3. The zero-order valence-electron chi connectivity index (χ0n) is 18.4. The Hall–Kier alpha value is -4.42. The molecule has 0 bridgehead atoms. The van der Waals surface area contributed by atoms with Gasteiger partial charge < -0.3 is 25.4 Å². The minimum Gasteiger partial charge on any atom is -0.496 e. The molecule has 0 aliphatic carbocycles. The molecule has 3 aromatic rings. The third-order valence-electron chi connectivity index (χ3n) is 4.41. The molecular formula is C22H19F4N5O4. The molecule has 0 spiro atoms. The van der Waals surface area contributed by atoms with Gasteiger partial charge in [-0.15, -0.1) is 0 Å². The fraction of sp³-hybridized carbons (Fsp3) is 0.182. The number of anilines is 3. The lowest BCUT2D eigenvalue weighted by atomic mass is 10.1. The molecule has 1 aromatic carbocycles. The first-order chi connectivity index (χ1) is 16.6. The third kappa shape index (κ3) is 6.56. The van der Waals surface area contributed by atoms with Crippen molar-refractivity contribution in [3.63, 3.8) is 0 Å². The van der Waals surface area contributed by atoms with Gasteiger partial charge in [0.25, 0.3) is 11.8 Å². The SMILES string of the molecule is CNC(=O)c1cnc(Nc2cccc(OCC(F)(F)F)n2)cc1NC(=O)c1c(F)cccc1OC. The lowest BCUT2D eigenvalue weighted by Gasteiger charge is -2.14. The van der Waals surface area contributed by atoms with Crippen LogP contribution >= 0.6 is 0 Å². The summed E-state index contributed by atoms with van der Waals surface area (Å²) in [4.78, 5) is 33.1. The summed E-state index contributed by atoms with van der Waals surface area (Å²) >= 11 is 0. The first-order valence-electron chi connectivity index (χ1n) is 9.91. The molecule has 0 radical (unpaired) electrons. The Kier molecular flexibility index (Phi) is 7.69. The first kappa shape index (κ1) is 25.2. The van der Waals surface area contributed by atoms with E-state index in [-0.39, 0.29) is 40.1 Å². The van der Waals surface area contributed by atoms with Crippen LogP contribution in [0.25, 0.3) is 0 Å². The fourth-order valence-corrected chi connectivity index (χ4v) is 2.87. The highest BCUT2D eigenvalue weighted by Gasteiger charge is 2.28. The normalized spacial score (nSPS) is 10.9. The number of aromatic nitrogens is 2. The van der Waals surface area contributed by atoms with E-state index in [2.05, 4.69) is 30.7 Å². The molecule has 2 aromatic heterocycles.